The summed E-state index contributed by atoms with van der Waals surface area (Å²) in [5.74, 6) is 1.19. The van der Waals surface area contributed by atoms with E-state index in [2.05, 4.69) is 12.2 Å². The minimum Gasteiger partial charge on any atom is -0.497 e. The number of amides is 1. The van der Waals surface area contributed by atoms with E-state index in [4.69, 9.17) is 18.9 Å². The third kappa shape index (κ3) is 8.49. The molecule has 0 radical (unpaired) electrons. The molecule has 0 heterocycles. The molecule has 6 nitrogen and oxygen atoms in total. The topological polar surface area (TPSA) is 66.0 Å². The highest BCUT2D eigenvalue weighted by molar-refractivity contribution is 5.77. The quantitative estimate of drug-likeness (QED) is 0.594. The predicted molar refractivity (Wildman–Crippen MR) is 83.4 cm³/mol. The van der Waals surface area contributed by atoms with Crippen molar-refractivity contribution in [2.45, 2.75) is 13.3 Å². The lowest BCUT2D eigenvalue weighted by Gasteiger charge is -2.08. The van der Waals surface area contributed by atoms with Crippen LogP contribution in [0.3, 0.4) is 0 Å². The Kier molecular flexibility index (Phi) is 9.81. The van der Waals surface area contributed by atoms with Crippen LogP contribution < -0.4 is 14.8 Å². The molecule has 22 heavy (non-hydrogen) atoms. The minimum atomic E-state index is -0.179. The number of rotatable bonds is 12. The molecule has 0 aliphatic rings. The molecule has 0 bridgehead atoms. The van der Waals surface area contributed by atoms with Crippen molar-refractivity contribution in [1.29, 1.82) is 0 Å². The molecule has 1 N–H and O–H groups in total. The fraction of sp³-hybridized carbons (Fsp3) is 0.562. The van der Waals surface area contributed by atoms with E-state index in [-0.39, 0.29) is 12.5 Å². The van der Waals surface area contributed by atoms with Crippen molar-refractivity contribution in [3.63, 3.8) is 0 Å². The van der Waals surface area contributed by atoms with Crippen molar-refractivity contribution in [3.8, 4) is 11.5 Å². The number of hydrogen-bond acceptors (Lipinski definition) is 5. The zero-order valence-corrected chi connectivity index (χ0v) is 13.3. The van der Waals surface area contributed by atoms with Gasteiger partial charge in [0.15, 0.2) is 6.61 Å². The first-order valence-electron chi connectivity index (χ1n) is 7.45. The predicted octanol–water partition coefficient (Wildman–Crippen LogP) is 1.63. The van der Waals surface area contributed by atoms with Gasteiger partial charge in [-0.3, -0.25) is 4.79 Å². The molecule has 0 aliphatic heterocycles. The highest BCUT2D eigenvalue weighted by atomic mass is 16.5. The largest absolute Gasteiger partial charge is 0.497 e. The van der Waals surface area contributed by atoms with Gasteiger partial charge in [-0.15, -0.1) is 0 Å². The molecule has 124 valence electrons. The van der Waals surface area contributed by atoms with Gasteiger partial charge >= 0.3 is 0 Å². The fourth-order valence-corrected chi connectivity index (χ4v) is 1.60. The summed E-state index contributed by atoms with van der Waals surface area (Å²) < 4.78 is 21.0. The van der Waals surface area contributed by atoms with E-state index in [0.29, 0.717) is 32.1 Å². The second-order valence-electron chi connectivity index (χ2n) is 4.54. The standard InChI is InChI=1S/C16H25NO5/c1-3-9-20-11-12-21-10-8-17-16(18)13-22-15-6-4-14(19-2)5-7-15/h4-7H,3,8-13H2,1-2H3,(H,17,18). The van der Waals surface area contributed by atoms with Crippen molar-refractivity contribution in [2.75, 3.05) is 46.7 Å². The van der Waals surface area contributed by atoms with Crippen LogP contribution in [0, 0.1) is 0 Å². The van der Waals surface area contributed by atoms with Gasteiger partial charge in [0.25, 0.3) is 5.91 Å². The van der Waals surface area contributed by atoms with Gasteiger partial charge in [-0.25, -0.2) is 0 Å². The molecule has 0 aromatic heterocycles. The lowest BCUT2D eigenvalue weighted by atomic mass is 10.3. The van der Waals surface area contributed by atoms with E-state index < -0.39 is 0 Å². The summed E-state index contributed by atoms with van der Waals surface area (Å²) in [6.07, 6.45) is 1.00. The molecular formula is C16H25NO5. The van der Waals surface area contributed by atoms with E-state index in [1.165, 1.54) is 0 Å². The monoisotopic (exact) mass is 311 g/mol. The Morgan fingerprint density at radius 2 is 1.64 bits per heavy atom. The molecule has 1 aromatic carbocycles. The van der Waals surface area contributed by atoms with Gasteiger partial charge < -0.3 is 24.3 Å². The van der Waals surface area contributed by atoms with E-state index in [1.54, 1.807) is 31.4 Å². The van der Waals surface area contributed by atoms with Crippen molar-refractivity contribution < 1.29 is 23.7 Å². The van der Waals surface area contributed by atoms with E-state index in [0.717, 1.165) is 18.8 Å². The van der Waals surface area contributed by atoms with Crippen LogP contribution in [0.5, 0.6) is 11.5 Å². The van der Waals surface area contributed by atoms with Crippen LogP contribution in [0.15, 0.2) is 24.3 Å². The lowest BCUT2D eigenvalue weighted by Crippen LogP contribution is -2.31. The molecule has 1 amide bonds. The summed E-state index contributed by atoms with van der Waals surface area (Å²) in [5.41, 5.74) is 0. The molecule has 0 saturated carbocycles. The zero-order chi connectivity index (χ0) is 16.0. The second-order valence-corrected chi connectivity index (χ2v) is 4.54. The second kappa shape index (κ2) is 11.8. The summed E-state index contributed by atoms with van der Waals surface area (Å²) in [4.78, 5) is 11.6. The van der Waals surface area contributed by atoms with Crippen LogP contribution in [-0.2, 0) is 14.3 Å². The lowest BCUT2D eigenvalue weighted by molar-refractivity contribution is -0.123. The van der Waals surface area contributed by atoms with Crippen molar-refractivity contribution in [1.82, 2.24) is 5.32 Å². The number of ether oxygens (including phenoxy) is 4. The highest BCUT2D eigenvalue weighted by Crippen LogP contribution is 2.16. The summed E-state index contributed by atoms with van der Waals surface area (Å²) >= 11 is 0. The normalized spacial score (nSPS) is 10.3. The number of carbonyl (C=O) groups is 1. The average molecular weight is 311 g/mol. The first-order valence-corrected chi connectivity index (χ1v) is 7.45. The maximum Gasteiger partial charge on any atom is 0.258 e. The average Bonchev–Trinajstić information content (AvgIpc) is 2.56. The minimum absolute atomic E-state index is 0.0219. The summed E-state index contributed by atoms with van der Waals surface area (Å²) in [6, 6.07) is 7.07. The molecule has 0 fully saturated rings. The van der Waals surface area contributed by atoms with Crippen molar-refractivity contribution in [3.05, 3.63) is 24.3 Å². The first-order chi connectivity index (χ1) is 10.8. The first kappa shape index (κ1) is 18.3. The molecule has 1 aromatic rings. The number of methoxy groups -OCH3 is 1. The van der Waals surface area contributed by atoms with Crippen LogP contribution in [0.4, 0.5) is 0 Å². The fourth-order valence-electron chi connectivity index (χ4n) is 1.60. The Morgan fingerprint density at radius 1 is 1.00 bits per heavy atom. The summed E-state index contributed by atoms with van der Waals surface area (Å²) in [6.45, 7) is 4.84. The SMILES string of the molecule is CCCOCCOCCNC(=O)COc1ccc(OC)cc1. The van der Waals surface area contributed by atoms with E-state index >= 15 is 0 Å². The van der Waals surface area contributed by atoms with Gasteiger partial charge in [-0.1, -0.05) is 6.92 Å². The zero-order valence-electron chi connectivity index (χ0n) is 13.3. The maximum atomic E-state index is 11.6. The summed E-state index contributed by atoms with van der Waals surface area (Å²) in [5, 5.41) is 2.72. The molecule has 1 rings (SSSR count). The number of benzene rings is 1. The van der Waals surface area contributed by atoms with Crippen LogP contribution in [-0.4, -0.2) is 52.6 Å². The van der Waals surface area contributed by atoms with E-state index in [1.807, 2.05) is 0 Å². The van der Waals surface area contributed by atoms with Gasteiger partial charge in [0.05, 0.1) is 26.9 Å². The van der Waals surface area contributed by atoms with Gasteiger partial charge in [0.1, 0.15) is 11.5 Å². The third-order valence-electron chi connectivity index (χ3n) is 2.72. The van der Waals surface area contributed by atoms with Gasteiger partial charge in [-0.2, -0.15) is 0 Å². The van der Waals surface area contributed by atoms with Crippen LogP contribution >= 0.6 is 0 Å². The molecule has 0 atom stereocenters. The Hall–Kier alpha value is -1.79. The van der Waals surface area contributed by atoms with Crippen LogP contribution in [0.25, 0.3) is 0 Å². The molecule has 0 saturated heterocycles. The van der Waals surface area contributed by atoms with Crippen molar-refractivity contribution in [2.24, 2.45) is 0 Å². The van der Waals surface area contributed by atoms with Crippen molar-refractivity contribution >= 4 is 5.91 Å². The number of carbonyl (C=O) groups excluding carboxylic acids is 1. The smallest absolute Gasteiger partial charge is 0.258 e. The third-order valence-corrected chi connectivity index (χ3v) is 2.72. The highest BCUT2D eigenvalue weighted by Gasteiger charge is 2.02. The Balaban J connectivity index is 2.01. The molecule has 0 aliphatic carbocycles. The molecular weight excluding hydrogens is 286 g/mol. The molecule has 0 spiro atoms. The molecule has 6 heteroatoms. The van der Waals surface area contributed by atoms with Crippen LogP contribution in [0.1, 0.15) is 13.3 Å². The Labute approximate surface area is 131 Å². The Bertz CT molecular complexity index is 408. The van der Waals surface area contributed by atoms with Gasteiger partial charge in [0.2, 0.25) is 0 Å². The number of hydrogen-bond donors (Lipinski definition) is 1. The molecule has 0 unspecified atom stereocenters. The van der Waals surface area contributed by atoms with Crippen LogP contribution in [0.2, 0.25) is 0 Å². The van der Waals surface area contributed by atoms with Gasteiger partial charge in [-0.05, 0) is 30.7 Å². The van der Waals surface area contributed by atoms with E-state index in [9.17, 15) is 4.79 Å². The summed E-state index contributed by atoms with van der Waals surface area (Å²) in [7, 11) is 1.60. The van der Waals surface area contributed by atoms with Gasteiger partial charge in [0, 0.05) is 13.2 Å². The maximum absolute atomic E-state index is 11.6. The number of nitrogens with one attached hydrogen (secondary N) is 1. The Morgan fingerprint density at radius 3 is 2.27 bits per heavy atom.